The van der Waals surface area contributed by atoms with Crippen molar-refractivity contribution in [1.82, 2.24) is 4.73 Å². The van der Waals surface area contributed by atoms with E-state index in [1.54, 1.807) is 16.1 Å². The zero-order chi connectivity index (χ0) is 11.5. The van der Waals surface area contributed by atoms with Gasteiger partial charge in [-0.05, 0) is 51.2 Å². The third-order valence-electron chi connectivity index (χ3n) is 3.00. The molecule has 1 atom stereocenters. The Morgan fingerprint density at radius 3 is 2.94 bits per heavy atom. The van der Waals surface area contributed by atoms with Gasteiger partial charge in [0.2, 0.25) is 0 Å². The summed E-state index contributed by atoms with van der Waals surface area (Å²) in [6, 6.07) is 0. The smallest absolute Gasteiger partial charge is 0.196 e. The number of hydrogen-bond donors (Lipinski definition) is 0. The van der Waals surface area contributed by atoms with E-state index in [-0.39, 0.29) is 0 Å². The molecule has 88 valence electrons. The van der Waals surface area contributed by atoms with Crippen LogP contribution in [0.25, 0.3) is 0 Å². The first-order valence-electron chi connectivity index (χ1n) is 5.63. The van der Waals surface area contributed by atoms with E-state index in [2.05, 4.69) is 13.0 Å². The zero-order valence-corrected chi connectivity index (χ0v) is 11.4. The van der Waals surface area contributed by atoms with Gasteiger partial charge in [0.1, 0.15) is 6.61 Å². The molecule has 1 aromatic rings. The van der Waals surface area contributed by atoms with Crippen LogP contribution in [0.3, 0.4) is 0 Å². The highest BCUT2D eigenvalue weighted by molar-refractivity contribution is 7.73. The fraction of sp³-hybridized carbons (Fsp3) is 0.583. The molecule has 0 saturated heterocycles. The predicted molar refractivity (Wildman–Crippen MR) is 70.4 cm³/mol. The minimum absolute atomic E-state index is 0.643. The van der Waals surface area contributed by atoms with E-state index < -0.39 is 0 Å². The van der Waals surface area contributed by atoms with E-state index in [9.17, 15) is 0 Å². The Morgan fingerprint density at radius 2 is 2.38 bits per heavy atom. The molecule has 4 heteroatoms. The first-order chi connectivity index (χ1) is 7.66. The molecule has 16 heavy (non-hydrogen) atoms. The van der Waals surface area contributed by atoms with Gasteiger partial charge in [-0.25, -0.2) is 0 Å². The molecule has 0 fully saturated rings. The van der Waals surface area contributed by atoms with E-state index >= 15 is 0 Å². The Morgan fingerprint density at radius 1 is 1.56 bits per heavy atom. The lowest BCUT2D eigenvalue weighted by Crippen LogP contribution is -2.21. The van der Waals surface area contributed by atoms with Crippen molar-refractivity contribution in [2.24, 2.45) is 5.92 Å². The summed E-state index contributed by atoms with van der Waals surface area (Å²) >= 11 is 6.76. The molecule has 1 heterocycles. The number of thiazole rings is 1. The number of rotatable bonds is 3. The quantitative estimate of drug-likeness (QED) is 0.603. The van der Waals surface area contributed by atoms with Crippen LogP contribution in [0.4, 0.5) is 0 Å². The van der Waals surface area contributed by atoms with Gasteiger partial charge >= 0.3 is 0 Å². The number of aromatic nitrogens is 1. The van der Waals surface area contributed by atoms with Crippen LogP contribution in [0.1, 0.15) is 31.9 Å². The largest absolute Gasteiger partial charge is 0.412 e. The normalized spacial score (nSPS) is 20.6. The maximum Gasteiger partial charge on any atom is 0.196 e. The summed E-state index contributed by atoms with van der Waals surface area (Å²) in [5, 5.41) is 2.03. The summed E-state index contributed by atoms with van der Waals surface area (Å²) < 4.78 is 2.59. The average molecular weight is 255 g/mol. The van der Waals surface area contributed by atoms with Crippen molar-refractivity contribution >= 4 is 23.6 Å². The molecule has 0 N–H and O–H groups in total. The summed E-state index contributed by atoms with van der Waals surface area (Å²) in [5.74, 6) is 0.643. The predicted octanol–water partition coefficient (Wildman–Crippen LogP) is 3.76. The van der Waals surface area contributed by atoms with Gasteiger partial charge in [0.25, 0.3) is 0 Å². The lowest BCUT2D eigenvalue weighted by atomic mass is 9.91. The van der Waals surface area contributed by atoms with Gasteiger partial charge in [0.05, 0.1) is 5.69 Å². The zero-order valence-electron chi connectivity index (χ0n) is 9.73. The van der Waals surface area contributed by atoms with Crippen molar-refractivity contribution in [3.05, 3.63) is 26.7 Å². The number of nitrogens with zero attached hydrogens (tertiary/aromatic N) is 1. The maximum atomic E-state index is 5.78. The first kappa shape index (κ1) is 11.9. The van der Waals surface area contributed by atoms with Crippen LogP contribution >= 0.6 is 23.6 Å². The van der Waals surface area contributed by atoms with Crippen LogP contribution < -0.4 is 4.84 Å². The monoisotopic (exact) mass is 255 g/mol. The maximum absolute atomic E-state index is 5.78. The Hall–Kier alpha value is -0.610. The number of hydrogen-bond acceptors (Lipinski definition) is 3. The molecular formula is C12H17NOS2. The van der Waals surface area contributed by atoms with Gasteiger partial charge in [-0.3, -0.25) is 0 Å². The summed E-state index contributed by atoms with van der Waals surface area (Å²) in [5.41, 5.74) is 2.61. The van der Waals surface area contributed by atoms with Crippen molar-refractivity contribution in [3.8, 4) is 0 Å². The molecule has 1 aromatic heterocycles. The van der Waals surface area contributed by atoms with Crippen molar-refractivity contribution < 1.29 is 4.84 Å². The average Bonchev–Trinajstić information content (AvgIpc) is 2.59. The highest BCUT2D eigenvalue weighted by atomic mass is 32.1. The molecule has 2 rings (SSSR count). The fourth-order valence-electron chi connectivity index (χ4n) is 1.88. The Balaban J connectivity index is 1.91. The van der Waals surface area contributed by atoms with Crippen LogP contribution in [-0.4, -0.2) is 11.3 Å². The molecule has 0 spiro atoms. The van der Waals surface area contributed by atoms with Gasteiger partial charge in [-0.2, -0.15) is 4.73 Å². The molecule has 0 aromatic carbocycles. The Labute approximate surface area is 106 Å². The molecular weight excluding hydrogens is 238 g/mol. The molecule has 2 nitrogen and oxygen atoms in total. The van der Waals surface area contributed by atoms with Gasteiger partial charge in [-0.15, -0.1) is 11.3 Å². The fourth-order valence-corrected chi connectivity index (χ4v) is 2.88. The highest BCUT2D eigenvalue weighted by Crippen LogP contribution is 2.22. The summed E-state index contributed by atoms with van der Waals surface area (Å²) in [6.07, 6.45) is 5.92. The van der Waals surface area contributed by atoms with Crippen LogP contribution in [0, 0.1) is 16.8 Å². The summed E-state index contributed by atoms with van der Waals surface area (Å²) in [6.45, 7) is 5.00. The second kappa shape index (κ2) is 5.15. The highest BCUT2D eigenvalue weighted by Gasteiger charge is 2.14. The van der Waals surface area contributed by atoms with E-state index in [1.165, 1.54) is 18.4 Å². The van der Waals surface area contributed by atoms with E-state index in [4.69, 9.17) is 17.1 Å². The van der Waals surface area contributed by atoms with E-state index in [1.807, 2.05) is 12.3 Å². The van der Waals surface area contributed by atoms with Gasteiger partial charge < -0.3 is 4.84 Å². The van der Waals surface area contributed by atoms with E-state index in [0.29, 0.717) is 5.92 Å². The molecule has 0 aliphatic heterocycles. The van der Waals surface area contributed by atoms with Gasteiger partial charge in [-0.1, -0.05) is 11.6 Å². The van der Waals surface area contributed by atoms with Crippen LogP contribution in [-0.2, 0) is 0 Å². The van der Waals surface area contributed by atoms with Crippen molar-refractivity contribution in [1.29, 1.82) is 0 Å². The lowest BCUT2D eigenvalue weighted by Gasteiger charge is -2.20. The topological polar surface area (TPSA) is 14.2 Å². The second-order valence-corrected chi connectivity index (χ2v) is 5.93. The minimum Gasteiger partial charge on any atom is -0.412 e. The molecule has 0 unspecified atom stereocenters. The molecule has 0 bridgehead atoms. The van der Waals surface area contributed by atoms with Crippen LogP contribution in [0.15, 0.2) is 17.0 Å². The van der Waals surface area contributed by atoms with Crippen molar-refractivity contribution in [3.63, 3.8) is 0 Å². The van der Waals surface area contributed by atoms with Crippen molar-refractivity contribution in [2.75, 3.05) is 6.61 Å². The third-order valence-corrected chi connectivity index (χ3v) is 4.28. The molecule has 0 amide bonds. The summed E-state index contributed by atoms with van der Waals surface area (Å²) in [7, 11) is 0. The molecule has 1 aliphatic rings. The molecule has 0 radical (unpaired) electrons. The van der Waals surface area contributed by atoms with Crippen LogP contribution in [0.2, 0.25) is 0 Å². The van der Waals surface area contributed by atoms with Gasteiger partial charge in [0.15, 0.2) is 3.95 Å². The second-order valence-electron chi connectivity index (χ2n) is 4.42. The van der Waals surface area contributed by atoms with Crippen molar-refractivity contribution in [2.45, 2.75) is 33.1 Å². The standard InChI is InChI=1S/C12H17NOS2/c1-9-3-5-11(6-4-9)7-14-13-10(2)8-16-12(13)15/h3,8,11H,4-7H2,1-2H3/t11-/m0/s1. The van der Waals surface area contributed by atoms with E-state index in [0.717, 1.165) is 22.7 Å². The van der Waals surface area contributed by atoms with Gasteiger partial charge in [0, 0.05) is 5.38 Å². The SMILES string of the molecule is CC1=CC[C@H](COn2c(C)csc2=S)CC1. The first-order valence-corrected chi connectivity index (χ1v) is 6.91. The van der Waals surface area contributed by atoms with Crippen LogP contribution in [0.5, 0.6) is 0 Å². The minimum atomic E-state index is 0.643. The Kier molecular flexibility index (Phi) is 3.82. The summed E-state index contributed by atoms with van der Waals surface area (Å²) in [4.78, 5) is 5.78. The lowest BCUT2D eigenvalue weighted by molar-refractivity contribution is 0.0723. The Bertz CT molecular complexity index is 444. The number of aryl methyl sites for hydroxylation is 1. The molecule has 0 saturated carbocycles. The number of allylic oxidation sites excluding steroid dienone is 2. The molecule has 1 aliphatic carbocycles. The third kappa shape index (κ3) is 2.74.